The van der Waals surface area contributed by atoms with Crippen molar-refractivity contribution in [3.05, 3.63) is 22.7 Å². The fourth-order valence-electron chi connectivity index (χ4n) is 1.72. The fraction of sp³-hybridized carbons (Fsp3) is 0.583. The number of nitrogens with two attached hydrogens (primary N) is 1. The lowest BCUT2D eigenvalue weighted by Crippen LogP contribution is -2.22. The van der Waals surface area contributed by atoms with E-state index in [1.165, 1.54) is 0 Å². The summed E-state index contributed by atoms with van der Waals surface area (Å²) in [7, 11) is 0. The van der Waals surface area contributed by atoms with E-state index in [-0.39, 0.29) is 0 Å². The van der Waals surface area contributed by atoms with Gasteiger partial charge in [0.2, 0.25) is 5.28 Å². The highest BCUT2D eigenvalue weighted by molar-refractivity contribution is 6.28. The van der Waals surface area contributed by atoms with Crippen LogP contribution in [0.5, 0.6) is 0 Å². The quantitative estimate of drug-likeness (QED) is 0.800. The monoisotopic (exact) mass is 341 g/mol. The number of ether oxygens (including phenoxy) is 1. The molecule has 0 amide bonds. The second-order valence-corrected chi connectivity index (χ2v) is 4.83. The van der Waals surface area contributed by atoms with E-state index in [1.54, 1.807) is 0 Å². The number of aromatic nitrogens is 2. The summed E-state index contributed by atoms with van der Waals surface area (Å²) in [6, 6.07) is 0. The number of carbonyl (C=O) groups is 1. The maximum absolute atomic E-state index is 12.2. The number of aromatic carboxylic acids is 1. The van der Waals surface area contributed by atoms with Gasteiger partial charge in [0, 0.05) is 19.4 Å². The van der Waals surface area contributed by atoms with Crippen LogP contribution in [0.2, 0.25) is 5.28 Å². The Hall–Kier alpha value is -1.45. The molecule has 0 aromatic carbocycles. The minimum absolute atomic E-state index is 0.514. The zero-order valence-electron chi connectivity index (χ0n) is 11.4. The molecule has 1 saturated heterocycles. The van der Waals surface area contributed by atoms with Crippen molar-refractivity contribution in [2.45, 2.75) is 19.0 Å². The molecule has 10 heteroatoms. The lowest BCUT2D eigenvalue weighted by atomic mass is 10.0. The van der Waals surface area contributed by atoms with Gasteiger partial charge in [-0.1, -0.05) is 0 Å². The standard InChI is InChI=1S/C6H2ClF3N2O2.C6H13NO/c7-5-11-1-2(4(13)14)3(12-5)6(8,9)10;7-5-6-1-3-8-4-2-6/h1H,(H,13,14);6H,1-5,7H2. The summed E-state index contributed by atoms with van der Waals surface area (Å²) in [5.74, 6) is -1.02. The maximum Gasteiger partial charge on any atom is 0.434 e. The molecule has 0 radical (unpaired) electrons. The summed E-state index contributed by atoms with van der Waals surface area (Å²) in [6.45, 7) is 2.67. The van der Waals surface area contributed by atoms with Crippen LogP contribution in [0, 0.1) is 5.92 Å². The van der Waals surface area contributed by atoms with Gasteiger partial charge >= 0.3 is 12.1 Å². The summed E-state index contributed by atoms with van der Waals surface area (Å²) in [5.41, 5.74) is 2.87. The first-order valence-corrected chi connectivity index (χ1v) is 6.74. The molecule has 1 fully saturated rings. The summed E-state index contributed by atoms with van der Waals surface area (Å²) in [6.07, 6.45) is -2.02. The van der Waals surface area contributed by atoms with Crippen LogP contribution in [-0.4, -0.2) is 40.8 Å². The Morgan fingerprint density at radius 3 is 2.45 bits per heavy atom. The Bertz CT molecular complexity index is 508. The number of rotatable bonds is 2. The molecule has 1 aliphatic heterocycles. The van der Waals surface area contributed by atoms with Crippen molar-refractivity contribution in [2.24, 2.45) is 11.7 Å². The topological polar surface area (TPSA) is 98.3 Å². The lowest BCUT2D eigenvalue weighted by molar-refractivity contribution is -0.141. The second kappa shape index (κ2) is 8.25. The second-order valence-electron chi connectivity index (χ2n) is 4.50. The van der Waals surface area contributed by atoms with Crippen LogP contribution >= 0.6 is 11.6 Å². The molecule has 0 atom stereocenters. The average molecular weight is 342 g/mol. The molecule has 1 aliphatic rings. The fourth-order valence-corrected chi connectivity index (χ4v) is 1.85. The largest absolute Gasteiger partial charge is 0.478 e. The van der Waals surface area contributed by atoms with E-state index >= 15 is 0 Å². The number of carboxylic acid groups (broad SMARTS) is 1. The van der Waals surface area contributed by atoms with Crippen molar-refractivity contribution in [1.82, 2.24) is 9.97 Å². The third-order valence-corrected chi connectivity index (χ3v) is 3.11. The molecular weight excluding hydrogens is 327 g/mol. The van der Waals surface area contributed by atoms with Gasteiger partial charge < -0.3 is 15.6 Å². The molecule has 0 aliphatic carbocycles. The molecule has 22 heavy (non-hydrogen) atoms. The normalized spacial score (nSPS) is 15.9. The number of alkyl halides is 3. The zero-order chi connectivity index (χ0) is 16.8. The van der Waals surface area contributed by atoms with Gasteiger partial charge in [-0.2, -0.15) is 13.2 Å². The van der Waals surface area contributed by atoms with Gasteiger partial charge in [-0.25, -0.2) is 14.8 Å². The first-order chi connectivity index (χ1) is 10.3. The van der Waals surface area contributed by atoms with E-state index in [0.717, 1.165) is 38.5 Å². The molecule has 0 spiro atoms. The van der Waals surface area contributed by atoms with E-state index in [4.69, 9.17) is 27.2 Å². The van der Waals surface area contributed by atoms with Crippen LogP contribution in [0.15, 0.2) is 6.20 Å². The minimum Gasteiger partial charge on any atom is -0.478 e. The van der Waals surface area contributed by atoms with Crippen molar-refractivity contribution >= 4 is 17.6 Å². The number of carboxylic acids is 1. The van der Waals surface area contributed by atoms with Crippen molar-refractivity contribution < 1.29 is 27.8 Å². The Balaban J connectivity index is 0.000000255. The maximum atomic E-state index is 12.2. The first kappa shape index (κ1) is 18.6. The highest BCUT2D eigenvalue weighted by atomic mass is 35.5. The predicted molar refractivity (Wildman–Crippen MR) is 71.6 cm³/mol. The highest BCUT2D eigenvalue weighted by Gasteiger charge is 2.38. The summed E-state index contributed by atoms with van der Waals surface area (Å²) < 4.78 is 41.7. The molecule has 0 bridgehead atoms. The average Bonchev–Trinajstić information content (AvgIpc) is 2.47. The van der Waals surface area contributed by atoms with Crippen LogP contribution in [0.25, 0.3) is 0 Å². The van der Waals surface area contributed by atoms with Gasteiger partial charge in [-0.15, -0.1) is 0 Å². The summed E-state index contributed by atoms with van der Waals surface area (Å²) in [5, 5.41) is 7.75. The molecule has 1 aromatic rings. The Labute approximate surface area is 129 Å². The third kappa shape index (κ3) is 5.74. The van der Waals surface area contributed by atoms with E-state index in [0.29, 0.717) is 6.20 Å². The highest BCUT2D eigenvalue weighted by Crippen LogP contribution is 2.30. The molecule has 2 heterocycles. The lowest BCUT2D eigenvalue weighted by Gasteiger charge is -2.19. The molecular formula is C12H15ClF3N3O3. The van der Waals surface area contributed by atoms with E-state index in [1.807, 2.05) is 0 Å². The summed E-state index contributed by atoms with van der Waals surface area (Å²) >= 11 is 5.11. The smallest absolute Gasteiger partial charge is 0.434 e. The van der Waals surface area contributed by atoms with E-state index in [2.05, 4.69) is 9.97 Å². The van der Waals surface area contributed by atoms with Gasteiger partial charge in [0.1, 0.15) is 5.56 Å². The first-order valence-electron chi connectivity index (χ1n) is 6.36. The zero-order valence-corrected chi connectivity index (χ0v) is 12.2. The molecule has 2 rings (SSSR count). The number of halogens is 4. The van der Waals surface area contributed by atoms with E-state index < -0.39 is 28.7 Å². The van der Waals surface area contributed by atoms with Crippen molar-refractivity contribution in [3.8, 4) is 0 Å². The molecule has 124 valence electrons. The van der Waals surface area contributed by atoms with Crippen molar-refractivity contribution in [3.63, 3.8) is 0 Å². The van der Waals surface area contributed by atoms with Gasteiger partial charge in [-0.3, -0.25) is 0 Å². The SMILES string of the molecule is NCC1CCOCC1.O=C(O)c1cnc(Cl)nc1C(F)(F)F. The van der Waals surface area contributed by atoms with Gasteiger partial charge in [0.25, 0.3) is 0 Å². The van der Waals surface area contributed by atoms with Crippen LogP contribution in [0.4, 0.5) is 13.2 Å². The minimum atomic E-state index is -4.86. The number of nitrogens with zero attached hydrogens (tertiary/aromatic N) is 2. The van der Waals surface area contributed by atoms with Gasteiger partial charge in [0.05, 0.1) is 0 Å². The van der Waals surface area contributed by atoms with Crippen LogP contribution < -0.4 is 5.73 Å². The van der Waals surface area contributed by atoms with Gasteiger partial charge in [0.15, 0.2) is 5.69 Å². The molecule has 0 saturated carbocycles. The van der Waals surface area contributed by atoms with Crippen LogP contribution in [0.3, 0.4) is 0 Å². The Kier molecular flexibility index (Phi) is 6.98. The van der Waals surface area contributed by atoms with Crippen LogP contribution in [-0.2, 0) is 10.9 Å². The van der Waals surface area contributed by atoms with E-state index in [9.17, 15) is 18.0 Å². The molecule has 0 unspecified atom stereocenters. The van der Waals surface area contributed by atoms with Gasteiger partial charge in [-0.05, 0) is 36.9 Å². The predicted octanol–water partition coefficient (Wildman–Crippen LogP) is 2.22. The third-order valence-electron chi connectivity index (χ3n) is 2.93. The number of hydrogen-bond acceptors (Lipinski definition) is 5. The molecule has 6 nitrogen and oxygen atoms in total. The Morgan fingerprint density at radius 1 is 1.45 bits per heavy atom. The van der Waals surface area contributed by atoms with Crippen LogP contribution in [0.1, 0.15) is 28.9 Å². The molecule has 3 N–H and O–H groups in total. The van der Waals surface area contributed by atoms with Crippen molar-refractivity contribution in [2.75, 3.05) is 19.8 Å². The van der Waals surface area contributed by atoms with Crippen molar-refractivity contribution in [1.29, 1.82) is 0 Å². The number of hydrogen-bond donors (Lipinski definition) is 2. The Morgan fingerprint density at radius 2 is 2.05 bits per heavy atom. The molecule has 1 aromatic heterocycles. The summed E-state index contributed by atoms with van der Waals surface area (Å²) in [4.78, 5) is 16.3.